The number of ether oxygens (including phenoxy) is 2. The lowest BCUT2D eigenvalue weighted by Gasteiger charge is -3.11. The van der Waals surface area contributed by atoms with Crippen LogP contribution in [0.5, 0.6) is 0 Å². The Morgan fingerprint density at radius 1 is 0.768 bits per heavy atom. The molecule has 1 aromatic heterocycles. The number of unbranched alkanes of at least 4 members (excludes halogenated alkanes) is 18. The number of aromatic amines is 1. The van der Waals surface area contributed by atoms with Crippen molar-refractivity contribution in [2.75, 3.05) is 13.2 Å². The summed E-state index contributed by atoms with van der Waals surface area (Å²) in [4.78, 5) is 0. The lowest BCUT2D eigenvalue weighted by Crippen LogP contribution is -3.11. The van der Waals surface area contributed by atoms with E-state index in [1.54, 1.807) is 0 Å². The van der Waals surface area contributed by atoms with Crippen LogP contribution in [0.1, 0.15) is 165 Å². The van der Waals surface area contributed by atoms with Gasteiger partial charge in [-0.05, 0) is 72.7 Å². The third-order valence-corrected chi connectivity index (χ3v) is 17.5. The Morgan fingerprint density at radius 2 is 1.34 bits per heavy atom. The summed E-state index contributed by atoms with van der Waals surface area (Å²) in [5.74, 6) is 5.91. The van der Waals surface area contributed by atoms with Gasteiger partial charge in [0.25, 0.3) is 0 Å². The number of rotatable bonds is 31. The molecule has 0 bridgehead atoms. The SMILES string of the molecule is CCCCCCCCCCCCCC[C@@H](O)[C@@H](O)[C@H](COC1OC(CO)C(O)C(O)C1O)c1cc(CCCCCCCCCCC23C4C5C6C4C2C6(Br)C53)[nH]n1. The summed E-state index contributed by atoms with van der Waals surface area (Å²) in [6, 6.07) is 1.93. The molecule has 0 spiro atoms. The topological polar surface area (TPSA) is 169 Å². The number of H-pyrrole nitrogens is 1. The molecule has 6 saturated carbocycles. The Morgan fingerprint density at radius 3 is 1.93 bits per heavy atom. The van der Waals surface area contributed by atoms with Gasteiger partial charge in [0.2, 0.25) is 0 Å². The van der Waals surface area contributed by atoms with Gasteiger partial charge in [0.1, 0.15) is 24.4 Å². The van der Waals surface area contributed by atoms with E-state index >= 15 is 0 Å². The fourth-order valence-corrected chi connectivity index (χ4v) is 15.2. The van der Waals surface area contributed by atoms with Crippen molar-refractivity contribution in [1.29, 1.82) is 0 Å². The average Bonchev–Trinajstić information content (AvgIpc) is 3.67. The summed E-state index contributed by atoms with van der Waals surface area (Å²) in [6.07, 6.45) is 18.5. The number of aliphatic hydroxyl groups excluding tert-OH is 6. The molecule has 320 valence electrons. The van der Waals surface area contributed by atoms with Crippen molar-refractivity contribution in [3.05, 3.63) is 17.5 Å². The Balaban J connectivity index is 0.791. The number of nitrogens with one attached hydrogen (secondary N) is 1. The number of alkyl halides is 1. The standard InChI is InChI=1S/C45H75BrN2O8/c1-2-3-4-5-6-7-8-9-10-14-17-20-23-31(50)37(51)29(27-55-43-40(54)39(53)38(52)32(26-49)56-43)30-25-28(47-48-30)22-19-16-13-11-12-15-18-21-24-44-35-33-36-34(35)42(44)45(36,46)41(33)44/h25,29,31-43,49-54H,2-24,26-27H2,1H3,(H,47,48)/t29-,31-,32?,33?,34?,35?,36?,37+,38?,39?,40?,41?,42?,43?,44?,45?/m1/s1. The lowest BCUT2D eigenvalue weighted by atomic mass is 8.96. The second-order valence-electron chi connectivity index (χ2n) is 19.1. The lowest BCUT2D eigenvalue weighted by molar-refractivity contribution is -0.595. The Hall–Kier alpha value is -0.630. The number of hydrogen-bond donors (Lipinski definition) is 7. The monoisotopic (exact) mass is 850 g/mol. The molecule has 0 radical (unpaired) electrons. The van der Waals surface area contributed by atoms with E-state index in [-0.39, 0.29) is 6.61 Å². The largest absolute Gasteiger partial charge is 0.394 e. The molecule has 7 aliphatic rings. The van der Waals surface area contributed by atoms with Gasteiger partial charge in [0.05, 0.1) is 37.0 Å². The van der Waals surface area contributed by atoms with Crippen LogP contribution in [0.15, 0.2) is 6.07 Å². The van der Waals surface area contributed by atoms with Crippen LogP contribution >= 0.6 is 15.9 Å². The van der Waals surface area contributed by atoms with Crippen molar-refractivity contribution in [2.24, 2.45) is 40.9 Å². The van der Waals surface area contributed by atoms with Crippen molar-refractivity contribution in [3.8, 4) is 0 Å². The number of aryl methyl sites for hydroxylation is 1. The van der Waals surface area contributed by atoms with Crippen LogP contribution in [0.25, 0.3) is 0 Å². The second kappa shape index (κ2) is 19.4. The predicted octanol–water partition coefficient (Wildman–Crippen LogP) is 7.06. The van der Waals surface area contributed by atoms with E-state index in [1.165, 1.54) is 103 Å². The second-order valence-corrected chi connectivity index (χ2v) is 20.5. The molecule has 8 rings (SSSR count). The number of aliphatic hydroxyl groups is 6. The smallest absolute Gasteiger partial charge is 0.186 e. The van der Waals surface area contributed by atoms with E-state index in [1.807, 2.05) is 6.07 Å². The van der Waals surface area contributed by atoms with Gasteiger partial charge in [-0.15, -0.1) is 0 Å². The van der Waals surface area contributed by atoms with Crippen LogP contribution in [-0.2, 0) is 15.9 Å². The number of hydrogen-bond acceptors (Lipinski definition) is 9. The highest BCUT2D eigenvalue weighted by Gasteiger charge is 3.08. The van der Waals surface area contributed by atoms with Gasteiger partial charge in [-0.2, -0.15) is 5.10 Å². The highest BCUT2D eigenvalue weighted by molar-refractivity contribution is 9.10. The zero-order valence-electron chi connectivity index (χ0n) is 34.2. The molecular weight excluding hydrogens is 776 g/mol. The summed E-state index contributed by atoms with van der Waals surface area (Å²) in [5.41, 5.74) is 2.33. The first-order chi connectivity index (χ1) is 27.2. The summed E-state index contributed by atoms with van der Waals surface area (Å²) < 4.78 is 12.1. The quantitative estimate of drug-likeness (QED) is 0.0306. The molecule has 6 aliphatic carbocycles. The van der Waals surface area contributed by atoms with Crippen molar-refractivity contribution in [3.63, 3.8) is 0 Å². The van der Waals surface area contributed by atoms with Crippen molar-refractivity contribution >= 4 is 15.9 Å². The molecule has 9 unspecified atom stereocenters. The first-order valence-electron chi connectivity index (χ1n) is 23.2. The Labute approximate surface area is 344 Å². The van der Waals surface area contributed by atoms with Gasteiger partial charge in [-0.1, -0.05) is 145 Å². The Bertz CT molecular complexity index is 1340. The molecule has 56 heavy (non-hydrogen) atoms. The van der Waals surface area contributed by atoms with Crippen LogP contribution in [0, 0.1) is 40.9 Å². The molecule has 1 aliphatic heterocycles. The van der Waals surface area contributed by atoms with Gasteiger partial charge in [0, 0.05) is 10.0 Å². The molecule has 1 saturated heterocycles. The van der Waals surface area contributed by atoms with Crippen LogP contribution in [-0.4, -0.2) is 101 Å². The van der Waals surface area contributed by atoms with Gasteiger partial charge in [0.15, 0.2) is 6.29 Å². The molecule has 7 N–H and O–H groups in total. The van der Waals surface area contributed by atoms with Gasteiger partial charge >= 0.3 is 0 Å². The number of nitrogens with zero attached hydrogens (tertiary/aromatic N) is 1. The fourth-order valence-electron chi connectivity index (χ4n) is 13.1. The fraction of sp³-hybridized carbons (Fsp3) is 0.933. The zero-order chi connectivity index (χ0) is 39.5. The first-order valence-corrected chi connectivity index (χ1v) is 24.0. The summed E-state index contributed by atoms with van der Waals surface area (Å²) in [5, 5.41) is 70.9. The molecule has 2 heterocycles. The predicted molar refractivity (Wildman–Crippen MR) is 219 cm³/mol. The summed E-state index contributed by atoms with van der Waals surface area (Å²) >= 11 is 4.14. The van der Waals surface area contributed by atoms with Crippen molar-refractivity contribution in [2.45, 2.75) is 208 Å². The maximum Gasteiger partial charge on any atom is 0.186 e. The molecule has 0 aromatic carbocycles. The van der Waals surface area contributed by atoms with Crippen LogP contribution in [0.3, 0.4) is 0 Å². The number of halogens is 1. The zero-order valence-corrected chi connectivity index (χ0v) is 35.7. The number of aromatic nitrogens is 2. The minimum absolute atomic E-state index is 0.148. The molecule has 11 heteroatoms. The van der Waals surface area contributed by atoms with E-state index in [2.05, 4.69) is 33.1 Å². The first kappa shape index (κ1) is 43.5. The highest BCUT2D eigenvalue weighted by atomic mass is 79.9. The maximum atomic E-state index is 11.4. The van der Waals surface area contributed by atoms with Gasteiger partial charge < -0.3 is 40.1 Å². The van der Waals surface area contributed by atoms with Crippen LogP contribution in [0.4, 0.5) is 0 Å². The molecular formula is C45H75BrN2O8. The molecule has 1 aromatic rings. The van der Waals surface area contributed by atoms with Crippen molar-refractivity contribution in [1.82, 2.24) is 10.2 Å². The van der Waals surface area contributed by atoms with Gasteiger partial charge in [-0.3, -0.25) is 5.10 Å². The van der Waals surface area contributed by atoms with Crippen molar-refractivity contribution < 1.29 is 40.1 Å². The molecule has 10 nitrogen and oxygen atoms in total. The molecule has 7 fully saturated rings. The normalized spacial score (nSPS) is 38.5. The van der Waals surface area contributed by atoms with E-state index in [4.69, 9.17) is 9.47 Å². The van der Waals surface area contributed by atoms with Crippen LogP contribution < -0.4 is 0 Å². The van der Waals surface area contributed by atoms with E-state index in [9.17, 15) is 30.6 Å². The van der Waals surface area contributed by atoms with E-state index in [0.717, 1.165) is 85.1 Å². The Kier molecular flexibility index (Phi) is 15.0. The average molecular weight is 852 g/mol. The molecule has 0 amide bonds. The molecule has 12 atom stereocenters. The third-order valence-electron chi connectivity index (χ3n) is 16.0. The minimum Gasteiger partial charge on any atom is -0.394 e. The highest BCUT2D eigenvalue weighted by Crippen LogP contribution is 3.09. The van der Waals surface area contributed by atoms with E-state index < -0.39 is 55.4 Å². The maximum absolute atomic E-state index is 11.4. The minimum atomic E-state index is -1.56. The third kappa shape index (κ3) is 7.99. The summed E-state index contributed by atoms with van der Waals surface area (Å²) in [7, 11) is 0. The van der Waals surface area contributed by atoms with Gasteiger partial charge in [-0.25, -0.2) is 0 Å². The summed E-state index contributed by atoms with van der Waals surface area (Å²) in [6.45, 7) is 1.54. The van der Waals surface area contributed by atoms with E-state index in [0.29, 0.717) is 16.4 Å². The van der Waals surface area contributed by atoms with Crippen LogP contribution in [0.2, 0.25) is 0 Å².